The zero-order chi connectivity index (χ0) is 15.8. The van der Waals surface area contributed by atoms with Crippen molar-refractivity contribution in [3.05, 3.63) is 0 Å². The summed E-state index contributed by atoms with van der Waals surface area (Å²) in [5.41, 5.74) is 5.18. The molecule has 4 N–H and O–H groups in total. The first kappa shape index (κ1) is 18.7. The average Bonchev–Trinajstić information content (AvgIpc) is 2.17. The molecule has 0 atom stereocenters. The van der Waals surface area contributed by atoms with Crippen LogP contribution in [0.15, 0.2) is 10.2 Å². The first-order valence-corrected chi connectivity index (χ1v) is 7.02. The third-order valence-electron chi connectivity index (χ3n) is 1.52. The lowest BCUT2D eigenvalue weighted by Crippen LogP contribution is -2.45. The standard InChI is InChI=1S/C12H24N6S2/c1-11(2,3)15-9(19)17-13-7-8-14-18-10(20)16-12(4,5)6/h7-8H,1-6H3,(H2,15,17,19)(H2,16,18,20). The molecular weight excluding hydrogens is 292 g/mol. The van der Waals surface area contributed by atoms with Gasteiger partial charge in [0.2, 0.25) is 0 Å². The summed E-state index contributed by atoms with van der Waals surface area (Å²) in [4.78, 5) is 0. The van der Waals surface area contributed by atoms with E-state index < -0.39 is 0 Å². The van der Waals surface area contributed by atoms with Crippen molar-refractivity contribution >= 4 is 47.1 Å². The molecule has 0 unspecified atom stereocenters. The van der Waals surface area contributed by atoms with Gasteiger partial charge in [-0.15, -0.1) is 0 Å². The fourth-order valence-electron chi connectivity index (χ4n) is 0.996. The van der Waals surface area contributed by atoms with Crippen LogP contribution in [0.2, 0.25) is 0 Å². The third kappa shape index (κ3) is 13.2. The predicted molar refractivity (Wildman–Crippen MR) is 94.2 cm³/mol. The Morgan fingerprint density at radius 3 is 1.30 bits per heavy atom. The molecular formula is C12H24N6S2. The molecule has 0 rings (SSSR count). The highest BCUT2D eigenvalue weighted by Gasteiger charge is 2.10. The number of hydrazone groups is 2. The van der Waals surface area contributed by atoms with Crippen molar-refractivity contribution in [3.63, 3.8) is 0 Å². The summed E-state index contributed by atoms with van der Waals surface area (Å²) in [6, 6.07) is 0. The number of nitrogens with one attached hydrogen (secondary N) is 4. The number of hydrogen-bond donors (Lipinski definition) is 4. The summed E-state index contributed by atoms with van der Waals surface area (Å²) in [6.07, 6.45) is 2.95. The first-order valence-electron chi connectivity index (χ1n) is 6.21. The van der Waals surface area contributed by atoms with E-state index in [4.69, 9.17) is 24.4 Å². The van der Waals surface area contributed by atoms with E-state index >= 15 is 0 Å². The van der Waals surface area contributed by atoms with Crippen LogP contribution < -0.4 is 21.5 Å². The minimum Gasteiger partial charge on any atom is -0.357 e. The smallest absolute Gasteiger partial charge is 0.187 e. The molecule has 0 aliphatic carbocycles. The molecule has 0 aliphatic heterocycles. The Bertz CT molecular complexity index is 352. The van der Waals surface area contributed by atoms with Crippen LogP contribution in [-0.2, 0) is 0 Å². The van der Waals surface area contributed by atoms with Gasteiger partial charge in [0.15, 0.2) is 10.2 Å². The molecule has 0 fully saturated rings. The van der Waals surface area contributed by atoms with Gasteiger partial charge in [-0.1, -0.05) is 0 Å². The van der Waals surface area contributed by atoms with Crippen molar-refractivity contribution < 1.29 is 0 Å². The van der Waals surface area contributed by atoms with E-state index in [1.165, 1.54) is 12.4 Å². The van der Waals surface area contributed by atoms with Gasteiger partial charge in [-0.2, -0.15) is 10.2 Å². The van der Waals surface area contributed by atoms with Gasteiger partial charge in [0.25, 0.3) is 0 Å². The monoisotopic (exact) mass is 316 g/mol. The molecule has 0 spiro atoms. The Labute approximate surface area is 131 Å². The van der Waals surface area contributed by atoms with E-state index in [1.54, 1.807) is 0 Å². The SMILES string of the molecule is CC(C)(C)NC(=S)NN=CC=NNC(=S)NC(C)(C)C. The Morgan fingerprint density at radius 2 is 1.05 bits per heavy atom. The Kier molecular flexibility index (Phi) is 7.59. The van der Waals surface area contributed by atoms with Gasteiger partial charge >= 0.3 is 0 Å². The Balaban J connectivity index is 3.93. The molecule has 0 saturated carbocycles. The topological polar surface area (TPSA) is 72.8 Å². The predicted octanol–water partition coefficient (Wildman–Crippen LogP) is 1.48. The maximum atomic E-state index is 5.05. The van der Waals surface area contributed by atoms with Gasteiger partial charge in [0, 0.05) is 11.1 Å². The van der Waals surface area contributed by atoms with Crippen molar-refractivity contribution in [2.24, 2.45) is 10.2 Å². The second-order valence-corrected chi connectivity index (χ2v) is 7.00. The van der Waals surface area contributed by atoms with E-state index in [-0.39, 0.29) is 11.1 Å². The number of nitrogens with zero attached hydrogens (tertiary/aromatic N) is 2. The van der Waals surface area contributed by atoms with Crippen molar-refractivity contribution in [1.82, 2.24) is 21.5 Å². The largest absolute Gasteiger partial charge is 0.357 e. The van der Waals surface area contributed by atoms with Gasteiger partial charge < -0.3 is 10.6 Å². The van der Waals surface area contributed by atoms with E-state index in [0.717, 1.165) is 0 Å². The molecule has 8 heteroatoms. The van der Waals surface area contributed by atoms with E-state index in [1.807, 2.05) is 41.5 Å². The zero-order valence-corrected chi connectivity index (χ0v) is 14.5. The molecule has 0 aliphatic rings. The molecule has 6 nitrogen and oxygen atoms in total. The van der Waals surface area contributed by atoms with E-state index in [9.17, 15) is 0 Å². The zero-order valence-electron chi connectivity index (χ0n) is 12.9. The lowest BCUT2D eigenvalue weighted by molar-refractivity contribution is 0.507. The summed E-state index contributed by atoms with van der Waals surface area (Å²) in [5, 5.41) is 14.8. The van der Waals surface area contributed by atoms with Gasteiger partial charge in [-0.05, 0) is 66.0 Å². The second-order valence-electron chi connectivity index (χ2n) is 6.19. The van der Waals surface area contributed by atoms with Gasteiger partial charge in [0.1, 0.15) is 0 Å². The van der Waals surface area contributed by atoms with Crippen LogP contribution in [0.3, 0.4) is 0 Å². The first-order chi connectivity index (χ1) is 8.99. The molecule has 0 amide bonds. The maximum Gasteiger partial charge on any atom is 0.187 e. The molecule has 0 saturated heterocycles. The Hall–Kier alpha value is -1.28. The number of thiocarbonyl (C=S) groups is 2. The molecule has 0 radical (unpaired) electrons. The minimum atomic E-state index is -0.0972. The van der Waals surface area contributed by atoms with Crippen molar-refractivity contribution in [1.29, 1.82) is 0 Å². The summed E-state index contributed by atoms with van der Waals surface area (Å²) < 4.78 is 0. The molecule has 114 valence electrons. The second kappa shape index (κ2) is 8.11. The lowest BCUT2D eigenvalue weighted by Gasteiger charge is -2.21. The van der Waals surface area contributed by atoms with Crippen LogP contribution in [0.1, 0.15) is 41.5 Å². The van der Waals surface area contributed by atoms with Crippen LogP contribution in [0.4, 0.5) is 0 Å². The number of hydrogen-bond acceptors (Lipinski definition) is 4. The molecule has 0 heterocycles. The lowest BCUT2D eigenvalue weighted by atomic mass is 10.1. The van der Waals surface area contributed by atoms with Crippen LogP contribution in [0.5, 0.6) is 0 Å². The number of rotatable bonds is 3. The molecule has 0 aromatic rings. The molecule has 0 aromatic carbocycles. The minimum absolute atomic E-state index is 0.0972. The Morgan fingerprint density at radius 1 is 0.750 bits per heavy atom. The molecule has 0 bridgehead atoms. The van der Waals surface area contributed by atoms with Gasteiger partial charge in [-0.3, -0.25) is 10.9 Å². The van der Waals surface area contributed by atoms with Crippen LogP contribution in [-0.4, -0.2) is 33.7 Å². The summed E-state index contributed by atoms with van der Waals surface area (Å²) in [7, 11) is 0. The summed E-state index contributed by atoms with van der Waals surface area (Å²) in [6.45, 7) is 12.1. The van der Waals surface area contributed by atoms with E-state index in [0.29, 0.717) is 10.2 Å². The van der Waals surface area contributed by atoms with Crippen molar-refractivity contribution in [3.8, 4) is 0 Å². The fourth-order valence-corrected chi connectivity index (χ4v) is 1.71. The van der Waals surface area contributed by atoms with Crippen LogP contribution >= 0.6 is 24.4 Å². The van der Waals surface area contributed by atoms with Crippen LogP contribution in [0.25, 0.3) is 0 Å². The third-order valence-corrected chi connectivity index (χ3v) is 1.91. The fraction of sp³-hybridized carbons (Fsp3) is 0.667. The quantitative estimate of drug-likeness (QED) is 0.359. The van der Waals surface area contributed by atoms with Crippen molar-refractivity contribution in [2.75, 3.05) is 0 Å². The molecule has 0 aromatic heterocycles. The highest BCUT2D eigenvalue weighted by molar-refractivity contribution is 7.80. The highest BCUT2D eigenvalue weighted by atomic mass is 32.1. The van der Waals surface area contributed by atoms with Gasteiger partial charge in [-0.25, -0.2) is 0 Å². The van der Waals surface area contributed by atoms with Crippen LogP contribution in [0, 0.1) is 0 Å². The van der Waals surface area contributed by atoms with E-state index in [2.05, 4.69) is 31.7 Å². The highest BCUT2D eigenvalue weighted by Crippen LogP contribution is 1.97. The normalized spacial score (nSPS) is 12.5. The summed E-state index contributed by atoms with van der Waals surface area (Å²) in [5.74, 6) is 0. The maximum absolute atomic E-state index is 5.05. The van der Waals surface area contributed by atoms with Crippen molar-refractivity contribution in [2.45, 2.75) is 52.6 Å². The average molecular weight is 317 g/mol. The van der Waals surface area contributed by atoms with Gasteiger partial charge in [0.05, 0.1) is 12.4 Å². The summed E-state index contributed by atoms with van der Waals surface area (Å²) >= 11 is 10.1. The molecule has 20 heavy (non-hydrogen) atoms.